The number of aromatic nitrogens is 1. The Morgan fingerprint density at radius 3 is 2.52 bits per heavy atom. The van der Waals surface area contributed by atoms with Crippen molar-refractivity contribution in [1.82, 2.24) is 4.98 Å². The lowest BCUT2D eigenvalue weighted by atomic mass is 9.96. The molecule has 0 spiro atoms. The molecule has 0 aromatic carbocycles. The minimum Gasteiger partial charge on any atom is -0.504 e. The summed E-state index contributed by atoms with van der Waals surface area (Å²) in [6.45, 7) is 11.7. The number of hydrogen-bond donors (Lipinski definition) is 3. The molecule has 0 amide bonds. The van der Waals surface area contributed by atoms with Crippen LogP contribution >= 0.6 is 0 Å². The Hall–Kier alpha value is -2.53. The third-order valence-electron chi connectivity index (χ3n) is 5.12. The maximum absolute atomic E-state index is 11.9. The fourth-order valence-electron chi connectivity index (χ4n) is 3.04. The monoisotopic (exact) mass is 401 g/mol. The first-order chi connectivity index (χ1) is 13.6. The number of rotatable bonds is 9. The smallest absolute Gasteiger partial charge is 0.294 e. The number of aromatic hydroxyl groups is 1. The van der Waals surface area contributed by atoms with Crippen LogP contribution in [0.5, 0.6) is 11.5 Å². The third kappa shape index (κ3) is 7.09. The van der Waals surface area contributed by atoms with E-state index in [0.717, 1.165) is 23.1 Å². The highest BCUT2D eigenvalue weighted by molar-refractivity contribution is 5.45. The zero-order valence-electron chi connectivity index (χ0n) is 18.7. The lowest BCUT2D eigenvalue weighted by molar-refractivity contribution is 0.173. The number of H-pyrrole nitrogens is 1. The molecule has 1 aromatic heterocycles. The predicted molar refractivity (Wildman–Crippen MR) is 120 cm³/mol. The lowest BCUT2D eigenvalue weighted by Crippen LogP contribution is -2.17. The quantitative estimate of drug-likeness (QED) is 0.412. The van der Waals surface area contributed by atoms with E-state index < -0.39 is 11.7 Å². The van der Waals surface area contributed by atoms with E-state index in [2.05, 4.69) is 23.2 Å². The second-order valence-corrected chi connectivity index (χ2v) is 7.55. The Kier molecular flexibility index (Phi) is 9.69. The fraction of sp³-hybridized carbons (Fsp3) is 0.458. The topological polar surface area (TPSA) is 82.5 Å². The molecular formula is C24H35NO4. The van der Waals surface area contributed by atoms with E-state index in [4.69, 9.17) is 4.74 Å². The summed E-state index contributed by atoms with van der Waals surface area (Å²) in [6, 6.07) is 0. The number of aliphatic hydroxyl groups excluding tert-OH is 1. The number of aliphatic hydroxyl groups is 1. The first kappa shape index (κ1) is 24.5. The van der Waals surface area contributed by atoms with Gasteiger partial charge in [0.2, 0.25) is 5.75 Å². The van der Waals surface area contributed by atoms with Gasteiger partial charge in [0.1, 0.15) is 0 Å². The average molecular weight is 402 g/mol. The number of nitrogens with one attached hydrogen (secondary N) is 1. The van der Waals surface area contributed by atoms with Gasteiger partial charge in [-0.05, 0) is 46.6 Å². The van der Waals surface area contributed by atoms with Gasteiger partial charge < -0.3 is 19.9 Å². The Morgan fingerprint density at radius 2 is 1.93 bits per heavy atom. The summed E-state index contributed by atoms with van der Waals surface area (Å²) in [5, 5.41) is 20.3. The molecule has 160 valence electrons. The van der Waals surface area contributed by atoms with Gasteiger partial charge in [-0.2, -0.15) is 0 Å². The molecule has 2 atom stereocenters. The number of pyridine rings is 1. The Balaban J connectivity index is 2.75. The van der Waals surface area contributed by atoms with Crippen molar-refractivity contribution in [1.29, 1.82) is 0 Å². The molecule has 1 aromatic rings. The first-order valence-corrected chi connectivity index (χ1v) is 9.92. The SMILES string of the molecule is C/C=C(\C)C(O)C(C)/C=C(C)/C=C/C/C(C)=C/Cc1[nH]c(=O)c(OC)c(O)c1C. The van der Waals surface area contributed by atoms with Crippen LogP contribution in [0.15, 0.2) is 51.9 Å². The third-order valence-corrected chi connectivity index (χ3v) is 5.12. The second kappa shape index (κ2) is 11.5. The molecule has 1 heterocycles. The Labute approximate surface area is 174 Å². The molecule has 1 rings (SSSR count). The van der Waals surface area contributed by atoms with E-state index in [1.807, 2.05) is 46.8 Å². The highest BCUT2D eigenvalue weighted by Gasteiger charge is 2.14. The van der Waals surface area contributed by atoms with Crippen molar-refractivity contribution in [3.63, 3.8) is 0 Å². The van der Waals surface area contributed by atoms with Crippen LogP contribution in [-0.2, 0) is 6.42 Å². The average Bonchev–Trinajstić information content (AvgIpc) is 2.68. The number of ether oxygens (including phenoxy) is 1. The summed E-state index contributed by atoms with van der Waals surface area (Å²) in [7, 11) is 1.36. The van der Waals surface area contributed by atoms with Crippen molar-refractivity contribution in [2.75, 3.05) is 7.11 Å². The van der Waals surface area contributed by atoms with E-state index in [1.54, 1.807) is 6.92 Å². The van der Waals surface area contributed by atoms with Gasteiger partial charge in [0, 0.05) is 23.6 Å². The summed E-state index contributed by atoms with van der Waals surface area (Å²) < 4.78 is 4.93. The summed E-state index contributed by atoms with van der Waals surface area (Å²) in [5.74, 6) is -0.112. The van der Waals surface area contributed by atoms with E-state index >= 15 is 0 Å². The molecule has 0 saturated carbocycles. The van der Waals surface area contributed by atoms with Gasteiger partial charge in [0.05, 0.1) is 13.2 Å². The van der Waals surface area contributed by atoms with Crippen molar-refractivity contribution in [2.45, 2.75) is 60.5 Å². The molecule has 0 aliphatic rings. The molecule has 0 aliphatic carbocycles. The summed E-state index contributed by atoms with van der Waals surface area (Å²) in [5.41, 5.74) is 4.10. The molecule has 0 bridgehead atoms. The molecule has 0 radical (unpaired) electrons. The molecule has 3 N–H and O–H groups in total. The van der Waals surface area contributed by atoms with E-state index in [-0.39, 0.29) is 17.4 Å². The number of hydrogen-bond acceptors (Lipinski definition) is 4. The van der Waals surface area contributed by atoms with Crippen molar-refractivity contribution >= 4 is 0 Å². The minimum atomic E-state index is -0.462. The van der Waals surface area contributed by atoms with Gasteiger partial charge in [-0.25, -0.2) is 0 Å². The summed E-state index contributed by atoms with van der Waals surface area (Å²) in [6.07, 6.45) is 11.0. The highest BCUT2D eigenvalue weighted by Crippen LogP contribution is 2.27. The largest absolute Gasteiger partial charge is 0.504 e. The van der Waals surface area contributed by atoms with Crippen molar-refractivity contribution in [2.24, 2.45) is 5.92 Å². The van der Waals surface area contributed by atoms with Crippen LogP contribution in [0, 0.1) is 12.8 Å². The molecule has 29 heavy (non-hydrogen) atoms. The van der Waals surface area contributed by atoms with Crippen LogP contribution in [0.4, 0.5) is 0 Å². The number of methoxy groups -OCH3 is 1. The van der Waals surface area contributed by atoms with Gasteiger partial charge >= 0.3 is 0 Å². The van der Waals surface area contributed by atoms with Crippen LogP contribution < -0.4 is 10.3 Å². The van der Waals surface area contributed by atoms with Crippen LogP contribution in [0.3, 0.4) is 0 Å². The zero-order chi connectivity index (χ0) is 22.1. The van der Waals surface area contributed by atoms with Gasteiger partial charge in [-0.3, -0.25) is 4.79 Å². The standard InChI is InChI=1S/C24H35NO4/c1-8-17(4)21(26)18(5)14-16(3)11-9-10-15(2)12-13-20-19(6)22(27)23(29-7)24(28)25-20/h8-9,11-12,14,18,21,26H,10,13H2,1-7H3,(H2,25,27,28)/b11-9+,15-12+,16-14+,17-8+. The van der Waals surface area contributed by atoms with Gasteiger partial charge in [0.15, 0.2) is 5.75 Å². The van der Waals surface area contributed by atoms with Crippen LogP contribution in [0.2, 0.25) is 0 Å². The zero-order valence-corrected chi connectivity index (χ0v) is 18.7. The van der Waals surface area contributed by atoms with Crippen LogP contribution in [0.1, 0.15) is 52.3 Å². The minimum absolute atomic E-state index is 0.0510. The first-order valence-electron chi connectivity index (χ1n) is 9.92. The normalized spacial score (nSPS) is 15.7. The molecule has 5 nitrogen and oxygen atoms in total. The molecule has 0 fully saturated rings. The molecule has 0 aliphatic heterocycles. The van der Waals surface area contributed by atoms with E-state index in [9.17, 15) is 15.0 Å². The number of aromatic amines is 1. The van der Waals surface area contributed by atoms with E-state index in [0.29, 0.717) is 17.7 Å². The second-order valence-electron chi connectivity index (χ2n) is 7.55. The molecule has 5 heteroatoms. The maximum Gasteiger partial charge on any atom is 0.294 e. The van der Waals surface area contributed by atoms with Gasteiger partial charge in [0.25, 0.3) is 5.56 Å². The van der Waals surface area contributed by atoms with E-state index in [1.165, 1.54) is 7.11 Å². The van der Waals surface area contributed by atoms with Gasteiger partial charge in [-0.15, -0.1) is 0 Å². The van der Waals surface area contributed by atoms with Crippen molar-refractivity contribution in [3.8, 4) is 11.5 Å². The van der Waals surface area contributed by atoms with Crippen molar-refractivity contribution < 1.29 is 14.9 Å². The molecule has 0 saturated heterocycles. The van der Waals surface area contributed by atoms with Crippen LogP contribution in [-0.4, -0.2) is 28.4 Å². The summed E-state index contributed by atoms with van der Waals surface area (Å²) >= 11 is 0. The molecular weight excluding hydrogens is 366 g/mol. The van der Waals surface area contributed by atoms with Crippen molar-refractivity contribution in [3.05, 3.63) is 68.7 Å². The van der Waals surface area contributed by atoms with Gasteiger partial charge in [-0.1, -0.05) is 48.5 Å². The maximum atomic E-state index is 11.9. The highest BCUT2D eigenvalue weighted by atomic mass is 16.5. The number of allylic oxidation sites excluding steroid dienone is 6. The fourth-order valence-corrected chi connectivity index (χ4v) is 3.04. The predicted octanol–water partition coefficient (Wildman–Crippen LogP) is 4.74. The Bertz CT molecular complexity index is 872. The van der Waals surface area contributed by atoms with Crippen LogP contribution in [0.25, 0.3) is 0 Å². The summed E-state index contributed by atoms with van der Waals surface area (Å²) in [4.78, 5) is 14.7. The lowest BCUT2D eigenvalue weighted by Gasteiger charge is -2.16. The Morgan fingerprint density at radius 1 is 1.28 bits per heavy atom. The molecule has 2 unspecified atom stereocenters.